The molecular weight excluding hydrogens is 528 g/mol. The fourth-order valence-corrected chi connectivity index (χ4v) is 5.66. The Morgan fingerprint density at radius 3 is 2.08 bits per heavy atom. The number of hydrogen-bond donors (Lipinski definition) is 0. The maximum atomic E-state index is 14.5. The van der Waals surface area contributed by atoms with Crippen LogP contribution in [0.4, 0.5) is 11.4 Å². The molecule has 2 heterocycles. The molecule has 1 amide bonds. The van der Waals surface area contributed by atoms with Gasteiger partial charge in [-0.25, -0.2) is 9.59 Å². The standard InChI is InChI=1S/C27H23BrN2O6/c1-29-21-15-14-18(28)16-20(21)26(23(29)31)27(24(32)34-2,25(33)35-3)36-22(17-10-6-4-7-11-17)30(26)19-12-8-5-9-13-19/h4-16,22H,1-3H3/t22-,26+/m0/s1. The van der Waals surface area contributed by atoms with Crippen LogP contribution >= 0.6 is 15.9 Å². The molecule has 0 aliphatic carbocycles. The minimum atomic E-state index is -2.48. The number of nitrogens with zero attached hydrogens (tertiary/aromatic N) is 2. The van der Waals surface area contributed by atoms with Crippen LogP contribution in [0.25, 0.3) is 0 Å². The number of halogens is 1. The first-order valence-corrected chi connectivity index (χ1v) is 12.0. The number of anilines is 2. The molecule has 0 N–H and O–H groups in total. The number of ether oxygens (including phenoxy) is 3. The number of benzene rings is 3. The van der Waals surface area contributed by atoms with Gasteiger partial charge in [-0.3, -0.25) is 4.79 Å². The molecule has 36 heavy (non-hydrogen) atoms. The first kappa shape index (κ1) is 24.0. The third-order valence-electron chi connectivity index (χ3n) is 6.78. The van der Waals surface area contributed by atoms with E-state index in [4.69, 9.17) is 14.2 Å². The lowest BCUT2D eigenvalue weighted by atomic mass is 9.73. The Kier molecular flexibility index (Phi) is 5.84. The van der Waals surface area contributed by atoms with Gasteiger partial charge in [-0.05, 0) is 30.3 Å². The molecule has 1 spiro atoms. The average molecular weight is 551 g/mol. The van der Waals surface area contributed by atoms with Crippen molar-refractivity contribution in [3.05, 3.63) is 94.5 Å². The fraction of sp³-hybridized carbons (Fsp3) is 0.222. The summed E-state index contributed by atoms with van der Waals surface area (Å²) in [4.78, 5) is 45.1. The molecule has 184 valence electrons. The van der Waals surface area contributed by atoms with E-state index < -0.39 is 35.2 Å². The van der Waals surface area contributed by atoms with Crippen LogP contribution in [0, 0.1) is 0 Å². The number of hydrogen-bond acceptors (Lipinski definition) is 7. The van der Waals surface area contributed by atoms with Gasteiger partial charge in [0.15, 0.2) is 6.23 Å². The molecule has 1 saturated heterocycles. The molecule has 3 aromatic rings. The lowest BCUT2D eigenvalue weighted by Crippen LogP contribution is -2.68. The first-order chi connectivity index (χ1) is 17.3. The van der Waals surface area contributed by atoms with E-state index in [1.807, 2.05) is 48.5 Å². The molecule has 0 aromatic heterocycles. The van der Waals surface area contributed by atoms with Crippen LogP contribution in [0.15, 0.2) is 83.3 Å². The predicted octanol–water partition coefficient (Wildman–Crippen LogP) is 3.94. The second kappa shape index (κ2) is 8.76. The second-order valence-electron chi connectivity index (χ2n) is 8.49. The number of amides is 1. The van der Waals surface area contributed by atoms with Crippen molar-refractivity contribution in [2.75, 3.05) is 31.1 Å². The van der Waals surface area contributed by atoms with Gasteiger partial charge in [-0.1, -0.05) is 64.5 Å². The van der Waals surface area contributed by atoms with Crippen LogP contribution in [-0.2, 0) is 34.1 Å². The maximum Gasteiger partial charge on any atom is 0.353 e. The highest BCUT2D eigenvalue weighted by Gasteiger charge is 2.81. The second-order valence-corrected chi connectivity index (χ2v) is 9.40. The van der Waals surface area contributed by atoms with Crippen LogP contribution in [0.5, 0.6) is 0 Å². The zero-order chi connectivity index (χ0) is 25.7. The van der Waals surface area contributed by atoms with Crippen LogP contribution in [0.1, 0.15) is 17.4 Å². The Labute approximate surface area is 216 Å². The van der Waals surface area contributed by atoms with E-state index in [1.165, 1.54) is 4.90 Å². The SMILES string of the molecule is COC(=O)C1(C(=O)OC)O[C@@H](c2ccccc2)N(c2ccccc2)[C@]12C(=O)N(C)c1ccc(Br)cc12. The Balaban J connectivity index is 1.97. The number of carbonyl (C=O) groups is 3. The molecular formula is C27H23BrN2O6. The summed E-state index contributed by atoms with van der Waals surface area (Å²) in [6.45, 7) is 0. The Morgan fingerprint density at radius 2 is 1.50 bits per heavy atom. The molecule has 9 heteroatoms. The number of esters is 2. The molecule has 0 radical (unpaired) electrons. The molecule has 1 fully saturated rings. The molecule has 2 aliphatic rings. The zero-order valence-corrected chi connectivity index (χ0v) is 21.4. The number of rotatable bonds is 4. The largest absolute Gasteiger partial charge is 0.466 e. The first-order valence-electron chi connectivity index (χ1n) is 11.2. The van der Waals surface area contributed by atoms with Crippen molar-refractivity contribution in [1.82, 2.24) is 0 Å². The van der Waals surface area contributed by atoms with Crippen LogP contribution in [0.2, 0.25) is 0 Å². The highest BCUT2D eigenvalue weighted by molar-refractivity contribution is 9.10. The van der Waals surface area contributed by atoms with Crippen molar-refractivity contribution in [1.29, 1.82) is 0 Å². The lowest BCUT2D eigenvalue weighted by Gasteiger charge is -2.41. The normalized spacial score (nSPS) is 22.0. The monoisotopic (exact) mass is 550 g/mol. The van der Waals surface area contributed by atoms with Gasteiger partial charge in [-0.15, -0.1) is 0 Å². The summed E-state index contributed by atoms with van der Waals surface area (Å²) in [5.74, 6) is -2.61. The van der Waals surface area contributed by atoms with E-state index in [2.05, 4.69) is 15.9 Å². The summed E-state index contributed by atoms with van der Waals surface area (Å²) < 4.78 is 17.5. The summed E-state index contributed by atoms with van der Waals surface area (Å²) >= 11 is 3.50. The molecule has 2 atom stereocenters. The minimum absolute atomic E-state index is 0.405. The molecule has 8 nitrogen and oxygen atoms in total. The van der Waals surface area contributed by atoms with Crippen LogP contribution in [-0.4, -0.2) is 44.7 Å². The Hall–Kier alpha value is -3.69. The van der Waals surface area contributed by atoms with Crippen molar-refractivity contribution >= 4 is 45.2 Å². The van der Waals surface area contributed by atoms with E-state index in [1.54, 1.807) is 42.3 Å². The average Bonchev–Trinajstić information content (AvgIpc) is 3.35. The number of para-hydroxylation sites is 1. The van der Waals surface area contributed by atoms with Crippen LogP contribution in [0.3, 0.4) is 0 Å². The van der Waals surface area contributed by atoms with Crippen molar-refractivity contribution < 1.29 is 28.6 Å². The topological polar surface area (TPSA) is 85.4 Å². The predicted molar refractivity (Wildman–Crippen MR) is 135 cm³/mol. The number of likely N-dealkylation sites (N-methyl/N-ethyl adjacent to an activating group) is 1. The van der Waals surface area contributed by atoms with Gasteiger partial charge in [-0.2, -0.15) is 0 Å². The van der Waals surface area contributed by atoms with E-state index in [0.717, 1.165) is 14.2 Å². The highest BCUT2D eigenvalue weighted by atomic mass is 79.9. The molecule has 2 aliphatic heterocycles. The van der Waals surface area contributed by atoms with E-state index >= 15 is 0 Å². The Bertz CT molecular complexity index is 1330. The number of carbonyl (C=O) groups excluding carboxylic acids is 3. The lowest BCUT2D eigenvalue weighted by molar-refractivity contribution is -0.193. The summed E-state index contributed by atoms with van der Waals surface area (Å²) in [5.41, 5.74) is -2.33. The Morgan fingerprint density at radius 1 is 0.917 bits per heavy atom. The quantitative estimate of drug-likeness (QED) is 0.359. The molecule has 0 saturated carbocycles. The van der Waals surface area contributed by atoms with Gasteiger partial charge >= 0.3 is 17.5 Å². The van der Waals surface area contributed by atoms with Gasteiger partial charge in [0.2, 0.25) is 5.54 Å². The van der Waals surface area contributed by atoms with Crippen molar-refractivity contribution in [2.45, 2.75) is 17.4 Å². The van der Waals surface area contributed by atoms with Crippen LogP contribution < -0.4 is 9.80 Å². The third-order valence-corrected chi connectivity index (χ3v) is 7.28. The molecule has 5 rings (SSSR count). The third kappa shape index (κ3) is 2.99. The summed E-state index contributed by atoms with van der Waals surface area (Å²) in [7, 11) is 3.90. The number of fused-ring (bicyclic) bond motifs is 2. The zero-order valence-electron chi connectivity index (χ0n) is 19.8. The number of methoxy groups -OCH3 is 2. The van der Waals surface area contributed by atoms with Gasteiger partial charge in [0, 0.05) is 34.0 Å². The summed E-state index contributed by atoms with van der Waals surface area (Å²) in [6, 6.07) is 23.4. The van der Waals surface area contributed by atoms with Crippen molar-refractivity contribution in [3.8, 4) is 0 Å². The van der Waals surface area contributed by atoms with Crippen molar-refractivity contribution in [2.24, 2.45) is 0 Å². The van der Waals surface area contributed by atoms with Gasteiger partial charge in [0.1, 0.15) is 0 Å². The van der Waals surface area contributed by atoms with Gasteiger partial charge < -0.3 is 24.0 Å². The fourth-order valence-electron chi connectivity index (χ4n) is 5.30. The van der Waals surface area contributed by atoms with E-state index in [-0.39, 0.29) is 0 Å². The van der Waals surface area contributed by atoms with Crippen molar-refractivity contribution in [3.63, 3.8) is 0 Å². The van der Waals surface area contributed by atoms with Gasteiger partial charge in [0.25, 0.3) is 5.91 Å². The molecule has 0 bridgehead atoms. The van der Waals surface area contributed by atoms with E-state index in [0.29, 0.717) is 27.0 Å². The highest BCUT2D eigenvalue weighted by Crippen LogP contribution is 2.61. The molecule has 3 aromatic carbocycles. The van der Waals surface area contributed by atoms with Gasteiger partial charge in [0.05, 0.1) is 14.2 Å². The molecule has 0 unspecified atom stereocenters. The summed E-state index contributed by atoms with van der Waals surface area (Å²) in [6.07, 6.45) is -1.02. The maximum absolute atomic E-state index is 14.5. The smallest absolute Gasteiger partial charge is 0.353 e. The summed E-state index contributed by atoms with van der Waals surface area (Å²) in [5, 5.41) is 0. The van der Waals surface area contributed by atoms with E-state index in [9.17, 15) is 14.4 Å². The minimum Gasteiger partial charge on any atom is -0.466 e.